The first kappa shape index (κ1) is 29.5. The van der Waals surface area contributed by atoms with Gasteiger partial charge in [-0.1, -0.05) is 12.1 Å². The third kappa shape index (κ3) is 5.58. The number of amides is 4. The van der Waals surface area contributed by atoms with Crippen molar-refractivity contribution >= 4 is 23.8 Å². The number of fused-ring (bicyclic) bond motifs is 2. The number of alkyl carbamates (subject to hydrolysis) is 1. The fourth-order valence-corrected chi connectivity index (χ4v) is 5.40. The van der Waals surface area contributed by atoms with Crippen molar-refractivity contribution in [2.24, 2.45) is 0 Å². The summed E-state index contributed by atoms with van der Waals surface area (Å²) in [4.78, 5) is 70.5. The molecule has 0 atom stereocenters. The molecule has 1 aliphatic carbocycles. The molecule has 0 unspecified atom stereocenters. The number of hydrogen-bond donors (Lipinski definition) is 3. The molecule has 2 bridgehead atoms. The first-order valence-corrected chi connectivity index (χ1v) is 13.0. The Morgan fingerprint density at radius 2 is 1.78 bits per heavy atom. The molecule has 1 aromatic heterocycles. The Hall–Kier alpha value is -4.49. The van der Waals surface area contributed by atoms with Crippen molar-refractivity contribution in [2.45, 2.75) is 56.8 Å². The molecule has 1 saturated carbocycles. The Balaban J connectivity index is 1.79. The molecule has 1 aromatic carbocycles. The fraction of sp³-hybridized carbons (Fsp3) is 0.481. The Labute approximate surface area is 235 Å². The van der Waals surface area contributed by atoms with Gasteiger partial charge in [0.05, 0.1) is 31.8 Å². The van der Waals surface area contributed by atoms with Gasteiger partial charge >= 0.3 is 17.9 Å². The van der Waals surface area contributed by atoms with E-state index in [-0.39, 0.29) is 49.0 Å². The molecule has 3 aliphatic rings. The number of hydrogen-bond acceptors (Lipinski definition) is 8. The zero-order chi connectivity index (χ0) is 30.1. The van der Waals surface area contributed by atoms with Crippen molar-refractivity contribution < 1.29 is 33.0 Å². The van der Waals surface area contributed by atoms with Crippen LogP contribution in [0.3, 0.4) is 0 Å². The molecule has 0 radical (unpaired) electrons. The smallest absolute Gasteiger partial charge is 0.407 e. The minimum absolute atomic E-state index is 0.0224. The van der Waals surface area contributed by atoms with Gasteiger partial charge in [-0.25, -0.2) is 14.2 Å². The van der Waals surface area contributed by atoms with Crippen LogP contribution in [0, 0.1) is 12.7 Å². The van der Waals surface area contributed by atoms with E-state index >= 15 is 0 Å². The highest BCUT2D eigenvalue weighted by atomic mass is 19.1. The highest BCUT2D eigenvalue weighted by Gasteiger charge is 2.53. The number of nitrogens with zero attached hydrogens (tertiary/aromatic N) is 3. The fourth-order valence-electron chi connectivity index (χ4n) is 5.40. The van der Waals surface area contributed by atoms with E-state index < -0.39 is 40.5 Å². The van der Waals surface area contributed by atoms with E-state index in [1.54, 1.807) is 13.0 Å². The number of likely N-dealkylation sites (N-methyl/N-ethyl adjacent to an activating group) is 1. The topological polar surface area (TPSA) is 161 Å². The van der Waals surface area contributed by atoms with Gasteiger partial charge in [0.2, 0.25) is 5.75 Å². The van der Waals surface area contributed by atoms with Crippen molar-refractivity contribution in [3.63, 3.8) is 0 Å². The molecule has 5 rings (SSSR count). The third-order valence-corrected chi connectivity index (χ3v) is 7.68. The molecule has 2 aliphatic heterocycles. The molecule has 0 spiro atoms. The summed E-state index contributed by atoms with van der Waals surface area (Å²) in [5.41, 5.74) is -2.18. The Morgan fingerprint density at radius 3 is 2.37 bits per heavy atom. The summed E-state index contributed by atoms with van der Waals surface area (Å²) >= 11 is 0. The van der Waals surface area contributed by atoms with Crippen LogP contribution in [-0.2, 0) is 33.0 Å². The molecule has 4 amide bonds. The molecule has 220 valence electrons. The van der Waals surface area contributed by atoms with Crippen LogP contribution in [0.25, 0.3) is 0 Å². The van der Waals surface area contributed by atoms with Gasteiger partial charge in [-0.3, -0.25) is 23.7 Å². The average molecular weight is 573 g/mol. The number of methoxy groups -OCH3 is 2. The molecule has 0 saturated heterocycles. The van der Waals surface area contributed by atoms with Gasteiger partial charge in [0.1, 0.15) is 11.6 Å². The summed E-state index contributed by atoms with van der Waals surface area (Å²) in [5.74, 6) is -3.07. The van der Waals surface area contributed by atoms with E-state index in [1.165, 1.54) is 45.0 Å². The van der Waals surface area contributed by atoms with Crippen molar-refractivity contribution in [2.75, 3.05) is 28.3 Å². The Kier molecular flexibility index (Phi) is 8.04. The number of nitrogens with one attached hydrogen (secondary N) is 3. The van der Waals surface area contributed by atoms with E-state index in [1.807, 2.05) is 0 Å². The molecule has 14 heteroatoms. The van der Waals surface area contributed by atoms with Gasteiger partial charge < -0.3 is 30.3 Å². The minimum atomic E-state index is -1.30. The SMILES string of the molecule is COC(=O)NC12CCC(NC(=O)C(=O)N(C)C)(CC1)c1nc(C(=O)NCc3ccc(F)c(C)c3)c(OC)c(=O)n1C2. The van der Waals surface area contributed by atoms with Gasteiger partial charge in [-0.2, -0.15) is 0 Å². The maximum atomic E-state index is 13.8. The van der Waals surface area contributed by atoms with E-state index in [2.05, 4.69) is 20.9 Å². The monoisotopic (exact) mass is 572 g/mol. The standard InChI is InChI=1S/C27H33FN6O7/c1-15-12-16(6-7-17(15)28)13-29-20(35)18-19(40-4)22(37)34-14-26(32-25(39)41-5)8-10-27(11-9-26,24(34)30-18)31-21(36)23(38)33(2)3/h6-7,12H,8-11,13-14H2,1-5H3,(H,29,35)(H,31,36)(H,32,39). The van der Waals surface area contributed by atoms with E-state index in [0.29, 0.717) is 24.0 Å². The normalized spacial score (nSPS) is 20.7. The number of aryl methyl sites for hydroxylation is 1. The van der Waals surface area contributed by atoms with E-state index in [4.69, 9.17) is 9.47 Å². The molecule has 1 fully saturated rings. The number of carbonyl (C=O) groups is 4. The van der Waals surface area contributed by atoms with Crippen molar-refractivity contribution in [1.82, 2.24) is 30.4 Å². The number of benzene rings is 1. The predicted octanol–water partition coefficient (Wildman–Crippen LogP) is 0.712. The van der Waals surface area contributed by atoms with Gasteiger partial charge in [-0.05, 0) is 49.8 Å². The average Bonchev–Trinajstić information content (AvgIpc) is 3.15. The second-order valence-electron chi connectivity index (χ2n) is 10.6. The summed E-state index contributed by atoms with van der Waals surface area (Å²) in [6.45, 7) is 1.59. The molecule has 3 heterocycles. The van der Waals surface area contributed by atoms with Crippen LogP contribution in [0.15, 0.2) is 23.0 Å². The summed E-state index contributed by atoms with van der Waals surface area (Å²) in [6, 6.07) is 4.41. The highest BCUT2D eigenvalue weighted by molar-refractivity contribution is 6.35. The van der Waals surface area contributed by atoms with Gasteiger partial charge in [-0.15, -0.1) is 0 Å². The molecular weight excluding hydrogens is 539 g/mol. The largest absolute Gasteiger partial charge is 0.489 e. The Bertz CT molecular complexity index is 1460. The second kappa shape index (κ2) is 11.2. The van der Waals surface area contributed by atoms with Crippen LogP contribution in [0.1, 0.15) is 53.1 Å². The second-order valence-corrected chi connectivity index (χ2v) is 10.6. The lowest BCUT2D eigenvalue weighted by Gasteiger charge is -2.42. The maximum absolute atomic E-state index is 13.8. The molecule has 3 N–H and O–H groups in total. The third-order valence-electron chi connectivity index (χ3n) is 7.68. The van der Waals surface area contributed by atoms with Gasteiger partial charge in [0, 0.05) is 20.6 Å². The van der Waals surface area contributed by atoms with Crippen LogP contribution in [-0.4, -0.2) is 72.1 Å². The Morgan fingerprint density at radius 1 is 1.10 bits per heavy atom. The van der Waals surface area contributed by atoms with Crippen LogP contribution in [0.2, 0.25) is 0 Å². The van der Waals surface area contributed by atoms with Gasteiger partial charge in [0.15, 0.2) is 5.69 Å². The lowest BCUT2D eigenvalue weighted by atomic mass is 9.73. The summed E-state index contributed by atoms with van der Waals surface area (Å²) in [5, 5.41) is 8.29. The summed E-state index contributed by atoms with van der Waals surface area (Å²) in [7, 11) is 5.33. The minimum Gasteiger partial charge on any atom is -0.489 e. The number of carbonyl (C=O) groups excluding carboxylic acids is 4. The van der Waals surface area contributed by atoms with E-state index in [9.17, 15) is 28.4 Å². The van der Waals surface area contributed by atoms with Crippen LogP contribution in [0.4, 0.5) is 9.18 Å². The van der Waals surface area contributed by atoms with Crippen LogP contribution in [0.5, 0.6) is 5.75 Å². The molecule has 41 heavy (non-hydrogen) atoms. The quantitative estimate of drug-likeness (QED) is 0.427. The van der Waals surface area contributed by atoms with E-state index in [0.717, 1.165) is 4.90 Å². The van der Waals surface area contributed by atoms with Crippen molar-refractivity contribution in [1.29, 1.82) is 0 Å². The zero-order valence-corrected chi connectivity index (χ0v) is 23.6. The molecule has 2 aromatic rings. The van der Waals surface area contributed by atoms with Gasteiger partial charge in [0.25, 0.3) is 11.5 Å². The highest BCUT2D eigenvalue weighted by Crippen LogP contribution is 2.45. The lowest BCUT2D eigenvalue weighted by Crippen LogP contribution is -2.57. The maximum Gasteiger partial charge on any atom is 0.407 e. The first-order chi connectivity index (χ1) is 19.3. The number of ether oxygens (including phenoxy) is 2. The first-order valence-electron chi connectivity index (χ1n) is 13.0. The lowest BCUT2D eigenvalue weighted by molar-refractivity contribution is -0.145. The number of rotatable bonds is 6. The number of aromatic nitrogens is 2. The molecule has 13 nitrogen and oxygen atoms in total. The van der Waals surface area contributed by atoms with Crippen LogP contribution >= 0.6 is 0 Å². The predicted molar refractivity (Wildman–Crippen MR) is 143 cm³/mol. The zero-order valence-electron chi connectivity index (χ0n) is 23.6. The van der Waals surface area contributed by atoms with Crippen molar-refractivity contribution in [3.8, 4) is 5.75 Å². The molecular formula is C27H33FN6O7. The summed E-state index contributed by atoms with van der Waals surface area (Å²) < 4.78 is 25.1. The summed E-state index contributed by atoms with van der Waals surface area (Å²) in [6.07, 6.45) is 0.355. The number of halogens is 1. The van der Waals surface area contributed by atoms with Crippen molar-refractivity contribution in [3.05, 3.63) is 57.0 Å². The van der Waals surface area contributed by atoms with Crippen LogP contribution < -0.4 is 26.2 Å².